The first-order chi connectivity index (χ1) is 5.29. The van der Waals surface area contributed by atoms with Gasteiger partial charge in [0.05, 0.1) is 0 Å². The molecule has 1 saturated heterocycles. The number of likely N-dealkylation sites (tertiary alicyclic amines) is 1. The summed E-state index contributed by atoms with van der Waals surface area (Å²) in [6.45, 7) is 0. The fourth-order valence-corrected chi connectivity index (χ4v) is 3.23. The molecule has 1 heterocycles. The molecule has 0 aliphatic carbocycles. The maximum absolute atomic E-state index is 3.55. The Balaban J connectivity index is 2.45. The zero-order valence-corrected chi connectivity index (χ0v) is 10.1. The monoisotopic (exact) mass is 283 g/mol. The number of nitrogens with zero attached hydrogens (tertiary/aromatic N) is 1. The van der Waals surface area contributed by atoms with E-state index in [1.54, 1.807) is 0 Å². The number of hydrogen-bond acceptors (Lipinski definition) is 1. The van der Waals surface area contributed by atoms with Crippen LogP contribution in [0, 0.1) is 0 Å². The van der Waals surface area contributed by atoms with Crippen LogP contribution in [0.1, 0.15) is 19.3 Å². The van der Waals surface area contributed by atoms with Crippen molar-refractivity contribution in [1.82, 2.24) is 4.90 Å². The highest BCUT2D eigenvalue weighted by Crippen LogP contribution is 2.23. The highest BCUT2D eigenvalue weighted by atomic mass is 79.9. The number of alkyl halides is 2. The number of hydrogen-bond donors (Lipinski definition) is 0. The Morgan fingerprint density at radius 1 is 1.18 bits per heavy atom. The Kier molecular flexibility index (Phi) is 4.39. The van der Waals surface area contributed by atoms with Gasteiger partial charge in [0, 0.05) is 22.7 Å². The second-order valence-corrected chi connectivity index (χ2v) is 4.51. The lowest BCUT2D eigenvalue weighted by molar-refractivity contribution is 0.145. The van der Waals surface area contributed by atoms with Crippen LogP contribution in [0.15, 0.2) is 0 Å². The first kappa shape index (κ1) is 10.0. The average molecular weight is 285 g/mol. The SMILES string of the molecule is CN1[C@@H](CBr)CCC[C@@H]1CBr. The van der Waals surface area contributed by atoms with Crippen LogP contribution in [-0.4, -0.2) is 34.7 Å². The van der Waals surface area contributed by atoms with Gasteiger partial charge in [0.1, 0.15) is 0 Å². The first-order valence-electron chi connectivity index (χ1n) is 4.13. The van der Waals surface area contributed by atoms with Gasteiger partial charge in [-0.05, 0) is 19.9 Å². The third-order valence-electron chi connectivity index (χ3n) is 2.58. The summed E-state index contributed by atoms with van der Waals surface area (Å²) in [5, 5.41) is 2.24. The maximum Gasteiger partial charge on any atom is 0.0192 e. The van der Waals surface area contributed by atoms with Crippen molar-refractivity contribution in [2.24, 2.45) is 0 Å². The Hall–Kier alpha value is 0.920. The topological polar surface area (TPSA) is 3.24 Å². The van der Waals surface area contributed by atoms with Crippen LogP contribution in [0.2, 0.25) is 0 Å². The summed E-state index contributed by atoms with van der Waals surface area (Å²) in [5.74, 6) is 0. The van der Waals surface area contributed by atoms with Gasteiger partial charge >= 0.3 is 0 Å². The molecule has 0 saturated carbocycles. The van der Waals surface area contributed by atoms with Crippen LogP contribution >= 0.6 is 31.9 Å². The molecule has 1 nitrogen and oxygen atoms in total. The molecule has 1 rings (SSSR count). The molecular weight excluding hydrogens is 270 g/mol. The first-order valence-corrected chi connectivity index (χ1v) is 6.37. The summed E-state index contributed by atoms with van der Waals surface area (Å²) in [6, 6.07) is 1.51. The van der Waals surface area contributed by atoms with Crippen molar-refractivity contribution in [3.8, 4) is 0 Å². The summed E-state index contributed by atoms with van der Waals surface area (Å²) < 4.78 is 0. The van der Waals surface area contributed by atoms with Gasteiger partial charge in [-0.2, -0.15) is 0 Å². The molecule has 0 amide bonds. The van der Waals surface area contributed by atoms with Crippen LogP contribution in [0.4, 0.5) is 0 Å². The molecule has 2 atom stereocenters. The third-order valence-corrected chi connectivity index (χ3v) is 4.08. The van der Waals surface area contributed by atoms with E-state index in [1.165, 1.54) is 19.3 Å². The van der Waals surface area contributed by atoms with Gasteiger partial charge in [0.25, 0.3) is 0 Å². The van der Waals surface area contributed by atoms with Crippen molar-refractivity contribution in [1.29, 1.82) is 0 Å². The van der Waals surface area contributed by atoms with Crippen molar-refractivity contribution in [3.05, 3.63) is 0 Å². The Morgan fingerprint density at radius 3 is 2.00 bits per heavy atom. The number of halogens is 2. The molecule has 0 aromatic carbocycles. The molecular formula is C8H15Br2N. The second kappa shape index (κ2) is 4.83. The molecule has 0 bridgehead atoms. The lowest BCUT2D eigenvalue weighted by Gasteiger charge is -2.37. The van der Waals surface area contributed by atoms with E-state index in [1.807, 2.05) is 0 Å². The van der Waals surface area contributed by atoms with E-state index in [0.717, 1.165) is 22.7 Å². The molecule has 11 heavy (non-hydrogen) atoms. The van der Waals surface area contributed by atoms with Crippen LogP contribution in [0.25, 0.3) is 0 Å². The van der Waals surface area contributed by atoms with Crippen molar-refractivity contribution >= 4 is 31.9 Å². The molecule has 0 N–H and O–H groups in total. The molecule has 1 fully saturated rings. The molecule has 3 heteroatoms. The smallest absolute Gasteiger partial charge is 0.0192 e. The molecule has 1 aliphatic heterocycles. The normalized spacial score (nSPS) is 34.1. The predicted octanol–water partition coefficient (Wildman–Crippen LogP) is 2.63. The fraction of sp³-hybridized carbons (Fsp3) is 1.00. The molecule has 0 aromatic rings. The summed E-state index contributed by atoms with van der Waals surface area (Å²) in [5.41, 5.74) is 0. The van der Waals surface area contributed by atoms with Crippen LogP contribution in [-0.2, 0) is 0 Å². The van der Waals surface area contributed by atoms with Crippen molar-refractivity contribution < 1.29 is 0 Å². The standard InChI is InChI=1S/C8H15Br2N/c1-11-7(5-9)3-2-4-8(11)6-10/h7-8H,2-6H2,1H3/t7-,8-/m1/s1. The molecule has 0 radical (unpaired) electrons. The highest BCUT2D eigenvalue weighted by Gasteiger charge is 2.25. The Morgan fingerprint density at radius 2 is 1.64 bits per heavy atom. The van der Waals surface area contributed by atoms with E-state index in [0.29, 0.717) is 0 Å². The van der Waals surface area contributed by atoms with E-state index in [2.05, 4.69) is 43.8 Å². The summed E-state index contributed by atoms with van der Waals surface area (Å²) >= 11 is 7.10. The van der Waals surface area contributed by atoms with Gasteiger partial charge in [0.2, 0.25) is 0 Å². The molecule has 0 unspecified atom stereocenters. The minimum Gasteiger partial charge on any atom is -0.299 e. The summed E-state index contributed by atoms with van der Waals surface area (Å²) in [7, 11) is 2.23. The van der Waals surface area contributed by atoms with Crippen molar-refractivity contribution in [2.75, 3.05) is 17.7 Å². The minimum atomic E-state index is 0.756. The van der Waals surface area contributed by atoms with E-state index in [4.69, 9.17) is 0 Å². The van der Waals surface area contributed by atoms with Crippen LogP contribution in [0.5, 0.6) is 0 Å². The van der Waals surface area contributed by atoms with Gasteiger partial charge in [-0.25, -0.2) is 0 Å². The highest BCUT2D eigenvalue weighted by molar-refractivity contribution is 9.09. The van der Waals surface area contributed by atoms with Crippen LogP contribution in [0.3, 0.4) is 0 Å². The minimum absolute atomic E-state index is 0.756. The Labute approximate surface area is 85.8 Å². The van der Waals surface area contributed by atoms with Gasteiger partial charge in [-0.1, -0.05) is 38.3 Å². The van der Waals surface area contributed by atoms with Crippen molar-refractivity contribution in [3.63, 3.8) is 0 Å². The summed E-state index contributed by atoms with van der Waals surface area (Å²) in [4.78, 5) is 2.49. The zero-order chi connectivity index (χ0) is 8.27. The van der Waals surface area contributed by atoms with Gasteiger partial charge in [0.15, 0.2) is 0 Å². The summed E-state index contributed by atoms with van der Waals surface area (Å²) in [6.07, 6.45) is 4.09. The van der Waals surface area contributed by atoms with Crippen LogP contribution < -0.4 is 0 Å². The Bertz CT molecular complexity index is 107. The fourth-order valence-electron chi connectivity index (χ4n) is 1.67. The quantitative estimate of drug-likeness (QED) is 0.705. The van der Waals surface area contributed by atoms with Gasteiger partial charge < -0.3 is 0 Å². The average Bonchev–Trinajstić information content (AvgIpc) is 2.05. The van der Waals surface area contributed by atoms with Gasteiger partial charge in [-0.3, -0.25) is 4.90 Å². The lowest BCUT2D eigenvalue weighted by atomic mass is 9.99. The van der Waals surface area contributed by atoms with E-state index in [9.17, 15) is 0 Å². The van der Waals surface area contributed by atoms with E-state index >= 15 is 0 Å². The number of rotatable bonds is 2. The predicted molar refractivity (Wildman–Crippen MR) is 56.8 cm³/mol. The third kappa shape index (κ3) is 2.43. The number of piperidine rings is 1. The zero-order valence-electron chi connectivity index (χ0n) is 6.89. The molecule has 66 valence electrons. The second-order valence-electron chi connectivity index (χ2n) is 3.21. The van der Waals surface area contributed by atoms with E-state index < -0.39 is 0 Å². The van der Waals surface area contributed by atoms with Gasteiger partial charge in [-0.15, -0.1) is 0 Å². The van der Waals surface area contributed by atoms with Crippen molar-refractivity contribution in [2.45, 2.75) is 31.3 Å². The molecule has 0 spiro atoms. The maximum atomic E-state index is 3.55. The lowest BCUT2D eigenvalue weighted by Crippen LogP contribution is -2.45. The van der Waals surface area contributed by atoms with E-state index in [-0.39, 0.29) is 0 Å². The largest absolute Gasteiger partial charge is 0.299 e. The molecule has 0 aromatic heterocycles. The molecule has 1 aliphatic rings.